The van der Waals surface area contributed by atoms with Crippen LogP contribution < -0.4 is 0 Å². The topological polar surface area (TPSA) is 60.9 Å². The Bertz CT molecular complexity index is 326. The largest absolute Gasteiger partial charge is 0.481 e. The lowest BCUT2D eigenvalue weighted by atomic mass is 9.93. The standard InChI is InChI=1S/C12H22N2O3/c1-8(2)9-6-14(11(17)13(9)5)7-12(3,4)10(15)16/h8-9H,6-7H2,1-5H3,(H,15,16). The normalized spacial score (nSPS) is 21.5. The van der Waals surface area contributed by atoms with Gasteiger partial charge in [-0.15, -0.1) is 0 Å². The summed E-state index contributed by atoms with van der Waals surface area (Å²) in [6.45, 7) is 8.30. The Morgan fingerprint density at radius 2 is 2.06 bits per heavy atom. The molecule has 17 heavy (non-hydrogen) atoms. The van der Waals surface area contributed by atoms with Gasteiger partial charge in [-0.3, -0.25) is 4.79 Å². The third-order valence-corrected chi connectivity index (χ3v) is 3.41. The fraction of sp³-hybridized carbons (Fsp3) is 0.833. The maximum absolute atomic E-state index is 12.0. The number of likely N-dealkylation sites (N-methyl/N-ethyl adjacent to an activating group) is 1. The molecule has 1 unspecified atom stereocenters. The lowest BCUT2D eigenvalue weighted by Gasteiger charge is -2.25. The van der Waals surface area contributed by atoms with Gasteiger partial charge in [0.25, 0.3) is 0 Å². The molecule has 1 atom stereocenters. The van der Waals surface area contributed by atoms with Crippen LogP contribution in [0.1, 0.15) is 27.7 Å². The molecule has 0 aromatic heterocycles. The van der Waals surface area contributed by atoms with Crippen LogP contribution in [0.25, 0.3) is 0 Å². The highest BCUT2D eigenvalue weighted by molar-refractivity contribution is 5.79. The van der Waals surface area contributed by atoms with Crippen LogP contribution in [-0.4, -0.2) is 53.1 Å². The lowest BCUT2D eigenvalue weighted by molar-refractivity contribution is -0.147. The Morgan fingerprint density at radius 1 is 1.53 bits per heavy atom. The van der Waals surface area contributed by atoms with E-state index in [0.717, 1.165) is 0 Å². The maximum Gasteiger partial charge on any atom is 0.320 e. The van der Waals surface area contributed by atoms with Crippen LogP contribution in [0.2, 0.25) is 0 Å². The highest BCUT2D eigenvalue weighted by atomic mass is 16.4. The summed E-state index contributed by atoms with van der Waals surface area (Å²) in [6.07, 6.45) is 0. The van der Waals surface area contributed by atoms with Gasteiger partial charge in [0.15, 0.2) is 0 Å². The molecule has 1 saturated heterocycles. The van der Waals surface area contributed by atoms with E-state index in [2.05, 4.69) is 13.8 Å². The van der Waals surface area contributed by atoms with Gasteiger partial charge >= 0.3 is 12.0 Å². The molecule has 2 amide bonds. The smallest absolute Gasteiger partial charge is 0.320 e. The van der Waals surface area contributed by atoms with Gasteiger partial charge in [-0.2, -0.15) is 0 Å². The van der Waals surface area contributed by atoms with Crippen molar-refractivity contribution in [2.75, 3.05) is 20.1 Å². The van der Waals surface area contributed by atoms with E-state index in [9.17, 15) is 9.59 Å². The highest BCUT2D eigenvalue weighted by Crippen LogP contribution is 2.25. The fourth-order valence-electron chi connectivity index (χ4n) is 2.13. The first-order chi connectivity index (χ1) is 7.66. The number of urea groups is 1. The van der Waals surface area contributed by atoms with E-state index < -0.39 is 11.4 Å². The highest BCUT2D eigenvalue weighted by Gasteiger charge is 2.40. The molecule has 98 valence electrons. The number of aliphatic carboxylic acids is 1. The van der Waals surface area contributed by atoms with E-state index in [0.29, 0.717) is 12.5 Å². The SMILES string of the molecule is CC(C)C1CN(CC(C)(C)C(=O)O)C(=O)N1C. The van der Waals surface area contributed by atoms with Crippen LogP contribution >= 0.6 is 0 Å². The van der Waals surface area contributed by atoms with Gasteiger partial charge in [0, 0.05) is 20.1 Å². The van der Waals surface area contributed by atoms with Crippen molar-refractivity contribution in [2.24, 2.45) is 11.3 Å². The van der Waals surface area contributed by atoms with Crippen LogP contribution in [0.3, 0.4) is 0 Å². The molecule has 0 aromatic carbocycles. The summed E-state index contributed by atoms with van der Waals surface area (Å²) in [5, 5.41) is 9.08. The van der Waals surface area contributed by atoms with Crippen LogP contribution in [0.15, 0.2) is 0 Å². The molecule has 0 aromatic rings. The number of amides is 2. The summed E-state index contributed by atoms with van der Waals surface area (Å²) in [7, 11) is 1.78. The van der Waals surface area contributed by atoms with E-state index in [1.165, 1.54) is 0 Å². The fourth-order valence-corrected chi connectivity index (χ4v) is 2.13. The molecule has 1 heterocycles. The Morgan fingerprint density at radius 3 is 2.41 bits per heavy atom. The van der Waals surface area contributed by atoms with E-state index in [1.54, 1.807) is 30.7 Å². The number of rotatable bonds is 4. The van der Waals surface area contributed by atoms with Gasteiger partial charge < -0.3 is 14.9 Å². The minimum atomic E-state index is -0.900. The summed E-state index contributed by atoms with van der Waals surface area (Å²) in [5.74, 6) is -0.497. The number of carboxylic acid groups (broad SMARTS) is 1. The maximum atomic E-state index is 12.0. The predicted molar refractivity (Wildman–Crippen MR) is 64.8 cm³/mol. The van der Waals surface area contributed by atoms with Crippen LogP contribution in [-0.2, 0) is 4.79 Å². The van der Waals surface area contributed by atoms with Crippen molar-refractivity contribution in [3.05, 3.63) is 0 Å². The zero-order valence-electron chi connectivity index (χ0n) is 11.2. The number of carboxylic acids is 1. The van der Waals surface area contributed by atoms with Crippen molar-refractivity contribution in [2.45, 2.75) is 33.7 Å². The second kappa shape index (κ2) is 4.55. The van der Waals surface area contributed by atoms with Crippen molar-refractivity contribution in [3.63, 3.8) is 0 Å². The lowest BCUT2D eigenvalue weighted by Crippen LogP contribution is -2.41. The van der Waals surface area contributed by atoms with Crippen molar-refractivity contribution >= 4 is 12.0 Å². The van der Waals surface area contributed by atoms with Crippen molar-refractivity contribution in [1.82, 2.24) is 9.80 Å². The molecule has 1 rings (SSSR count). The van der Waals surface area contributed by atoms with E-state index >= 15 is 0 Å². The number of carbonyl (C=O) groups is 2. The number of carbonyl (C=O) groups excluding carboxylic acids is 1. The van der Waals surface area contributed by atoms with Gasteiger partial charge in [0.1, 0.15) is 0 Å². The van der Waals surface area contributed by atoms with Crippen LogP contribution in [0.4, 0.5) is 4.79 Å². The summed E-state index contributed by atoms with van der Waals surface area (Å²) in [4.78, 5) is 26.4. The number of hydrogen-bond acceptors (Lipinski definition) is 2. The minimum absolute atomic E-state index is 0.0713. The van der Waals surface area contributed by atoms with Gasteiger partial charge in [-0.25, -0.2) is 4.79 Å². The Labute approximate surface area is 102 Å². The Hall–Kier alpha value is -1.26. The molecule has 0 saturated carbocycles. The third kappa shape index (κ3) is 2.70. The Balaban J connectivity index is 2.75. The molecule has 1 aliphatic heterocycles. The minimum Gasteiger partial charge on any atom is -0.481 e. The molecule has 5 heteroatoms. The van der Waals surface area contributed by atoms with Crippen molar-refractivity contribution < 1.29 is 14.7 Å². The molecule has 0 aliphatic carbocycles. The molecule has 5 nitrogen and oxygen atoms in total. The zero-order chi connectivity index (χ0) is 13.4. The molecule has 0 radical (unpaired) electrons. The Kier molecular flexibility index (Phi) is 3.69. The van der Waals surface area contributed by atoms with E-state index in [1.807, 2.05) is 0 Å². The molecular weight excluding hydrogens is 220 g/mol. The second-order valence-electron chi connectivity index (χ2n) is 5.77. The van der Waals surface area contributed by atoms with Crippen LogP contribution in [0.5, 0.6) is 0 Å². The molecular formula is C12H22N2O3. The van der Waals surface area contributed by atoms with Gasteiger partial charge in [0.2, 0.25) is 0 Å². The first-order valence-corrected chi connectivity index (χ1v) is 5.92. The second-order valence-corrected chi connectivity index (χ2v) is 5.77. The molecule has 0 spiro atoms. The average Bonchev–Trinajstić information content (AvgIpc) is 2.45. The average molecular weight is 242 g/mol. The van der Waals surface area contributed by atoms with Gasteiger partial charge in [0.05, 0.1) is 11.5 Å². The summed E-state index contributed by atoms with van der Waals surface area (Å²) < 4.78 is 0. The van der Waals surface area contributed by atoms with Crippen molar-refractivity contribution in [1.29, 1.82) is 0 Å². The third-order valence-electron chi connectivity index (χ3n) is 3.41. The van der Waals surface area contributed by atoms with E-state index in [-0.39, 0.29) is 18.6 Å². The van der Waals surface area contributed by atoms with Gasteiger partial charge in [-0.1, -0.05) is 13.8 Å². The number of hydrogen-bond donors (Lipinski definition) is 1. The summed E-state index contributed by atoms with van der Waals surface area (Å²) in [6, 6.07) is 0.102. The predicted octanol–water partition coefficient (Wildman–Crippen LogP) is 1.49. The monoisotopic (exact) mass is 242 g/mol. The zero-order valence-corrected chi connectivity index (χ0v) is 11.2. The van der Waals surface area contributed by atoms with Crippen molar-refractivity contribution in [3.8, 4) is 0 Å². The quantitative estimate of drug-likeness (QED) is 0.812. The molecule has 0 bridgehead atoms. The molecule has 1 N–H and O–H groups in total. The summed E-state index contributed by atoms with van der Waals surface area (Å²) >= 11 is 0. The first kappa shape index (κ1) is 13.8. The first-order valence-electron chi connectivity index (χ1n) is 5.92. The summed E-state index contributed by atoms with van der Waals surface area (Å²) in [5.41, 5.74) is -0.900. The van der Waals surface area contributed by atoms with Gasteiger partial charge in [-0.05, 0) is 19.8 Å². The molecule has 1 aliphatic rings. The number of nitrogens with zero attached hydrogens (tertiary/aromatic N) is 2. The van der Waals surface area contributed by atoms with E-state index in [4.69, 9.17) is 5.11 Å². The molecule has 1 fully saturated rings. The van der Waals surface area contributed by atoms with Crippen LogP contribution in [0, 0.1) is 11.3 Å².